The summed E-state index contributed by atoms with van der Waals surface area (Å²) in [5, 5.41) is 2.93. The first-order valence-electron chi connectivity index (χ1n) is 15.5. The minimum Gasteiger partial charge on any atom is -0.493 e. The summed E-state index contributed by atoms with van der Waals surface area (Å²) in [6, 6.07) is 6.52. The highest BCUT2D eigenvalue weighted by atomic mass is 35.5. The molecule has 0 bridgehead atoms. The number of halogens is 7. The Morgan fingerprint density at radius 1 is 0.820 bits per heavy atom. The number of hydrogen-bond acceptors (Lipinski definition) is 9. The van der Waals surface area contributed by atoms with Crippen LogP contribution < -0.4 is 9.47 Å². The molecular formula is C33H37ClF6N2O8. The highest BCUT2D eigenvalue weighted by Gasteiger charge is 2.36. The molecule has 1 aromatic heterocycles. The Hall–Kier alpha value is -3.70. The van der Waals surface area contributed by atoms with Gasteiger partial charge in [-0.25, -0.2) is 0 Å². The summed E-state index contributed by atoms with van der Waals surface area (Å²) in [6.45, 7) is 3.81. The highest BCUT2D eigenvalue weighted by Crippen LogP contribution is 2.48. The number of carbonyl (C=O) groups excluding carboxylic acids is 2. The van der Waals surface area contributed by atoms with Crippen molar-refractivity contribution in [1.82, 2.24) is 9.78 Å². The fourth-order valence-corrected chi connectivity index (χ4v) is 4.85. The molecule has 0 aliphatic carbocycles. The quantitative estimate of drug-likeness (QED) is 0.0369. The minimum absolute atomic E-state index is 0.0318. The standard InChI is InChI=1S/C33H37ClF6N2O8/c1-22(44)50-31-24(27-21-29(33(38,39)40)41-42(27)2)7-9-28(30(31)23-6-8-26(34)25(20-23)32(35,36)37)49-12-5-3-4-11-45-14-16-47-18-19-48-17-15-46-13-10-43/h6-10,20-21H,3-5,11-19H2,1-2H3. The lowest BCUT2D eigenvalue weighted by atomic mass is 9.96. The number of ether oxygens (including phenoxy) is 6. The predicted octanol–water partition coefficient (Wildman–Crippen LogP) is 7.18. The van der Waals surface area contributed by atoms with Gasteiger partial charge in [0.25, 0.3) is 0 Å². The van der Waals surface area contributed by atoms with Gasteiger partial charge in [-0.15, -0.1) is 0 Å². The van der Waals surface area contributed by atoms with Crippen LogP contribution in [-0.2, 0) is 47.9 Å². The topological polar surface area (TPSA) is 107 Å². The van der Waals surface area contributed by atoms with Gasteiger partial charge in [0.1, 0.15) is 18.6 Å². The molecule has 0 N–H and O–H groups in total. The average Bonchev–Trinajstić information content (AvgIpc) is 3.44. The Balaban J connectivity index is 1.69. The normalized spacial score (nSPS) is 11.9. The Bertz CT molecular complexity index is 1550. The van der Waals surface area contributed by atoms with Gasteiger partial charge in [-0.2, -0.15) is 31.4 Å². The second-order valence-electron chi connectivity index (χ2n) is 10.6. The van der Waals surface area contributed by atoms with Crippen LogP contribution in [0.25, 0.3) is 22.4 Å². The molecule has 0 amide bonds. The van der Waals surface area contributed by atoms with Crippen molar-refractivity contribution in [3.63, 3.8) is 0 Å². The molecule has 0 saturated heterocycles. The van der Waals surface area contributed by atoms with E-state index in [0.717, 1.165) is 29.8 Å². The monoisotopic (exact) mass is 738 g/mol. The van der Waals surface area contributed by atoms with E-state index in [2.05, 4.69) is 5.10 Å². The van der Waals surface area contributed by atoms with Crippen LogP contribution in [0.4, 0.5) is 26.3 Å². The van der Waals surface area contributed by atoms with Crippen LogP contribution in [0.3, 0.4) is 0 Å². The van der Waals surface area contributed by atoms with Crippen molar-refractivity contribution in [2.75, 3.05) is 59.5 Å². The smallest absolute Gasteiger partial charge is 0.435 e. The summed E-state index contributed by atoms with van der Waals surface area (Å²) in [7, 11) is 1.25. The molecule has 1 heterocycles. The fourth-order valence-electron chi connectivity index (χ4n) is 4.62. The van der Waals surface area contributed by atoms with E-state index in [1.807, 2.05) is 0 Å². The van der Waals surface area contributed by atoms with Gasteiger partial charge in [0.2, 0.25) is 0 Å². The molecule has 0 spiro atoms. The maximum absolute atomic E-state index is 13.8. The number of aromatic nitrogens is 2. The lowest BCUT2D eigenvalue weighted by Crippen LogP contribution is -2.12. The number of unbranched alkanes of at least 4 members (excludes halogenated alkanes) is 2. The van der Waals surface area contributed by atoms with Crippen LogP contribution in [0.15, 0.2) is 36.4 Å². The maximum Gasteiger partial charge on any atom is 0.435 e. The van der Waals surface area contributed by atoms with Crippen molar-refractivity contribution >= 4 is 23.9 Å². The number of carbonyl (C=O) groups is 2. The van der Waals surface area contributed by atoms with Gasteiger partial charge in [-0.05, 0) is 55.2 Å². The van der Waals surface area contributed by atoms with Crippen molar-refractivity contribution in [1.29, 1.82) is 0 Å². The van der Waals surface area contributed by atoms with E-state index in [1.165, 1.54) is 25.2 Å². The van der Waals surface area contributed by atoms with Gasteiger partial charge in [0.05, 0.1) is 68.1 Å². The van der Waals surface area contributed by atoms with Gasteiger partial charge in [0, 0.05) is 26.1 Å². The fraction of sp³-hybridized carbons (Fsp3) is 0.485. The number of alkyl halides is 6. The SMILES string of the molecule is CC(=O)Oc1c(-c2cc(C(F)(F)F)nn2C)ccc(OCCCCCOCCOCCOCCOCC=O)c1-c1ccc(Cl)c(C(F)(F)F)c1. The van der Waals surface area contributed by atoms with Crippen molar-refractivity contribution < 1.29 is 64.4 Å². The zero-order valence-electron chi connectivity index (χ0n) is 27.3. The zero-order valence-corrected chi connectivity index (χ0v) is 28.1. The Morgan fingerprint density at radius 2 is 1.44 bits per heavy atom. The number of nitrogens with zero attached hydrogens (tertiary/aromatic N) is 2. The summed E-state index contributed by atoms with van der Waals surface area (Å²) in [5.74, 6) is -1.15. The van der Waals surface area contributed by atoms with Crippen LogP contribution in [0, 0.1) is 0 Å². The summed E-state index contributed by atoms with van der Waals surface area (Å²) in [6.07, 6.45) is -7.11. The first-order chi connectivity index (χ1) is 23.7. The van der Waals surface area contributed by atoms with E-state index in [-0.39, 0.29) is 47.1 Å². The number of rotatable bonds is 21. The third-order valence-electron chi connectivity index (χ3n) is 6.86. The van der Waals surface area contributed by atoms with Crippen LogP contribution in [0.2, 0.25) is 5.02 Å². The molecular weight excluding hydrogens is 702 g/mol. The second kappa shape index (κ2) is 19.6. The number of aldehydes is 1. The molecule has 10 nitrogen and oxygen atoms in total. The molecule has 276 valence electrons. The molecule has 2 aromatic carbocycles. The van der Waals surface area contributed by atoms with Crippen molar-refractivity contribution in [2.24, 2.45) is 7.05 Å². The van der Waals surface area contributed by atoms with Crippen LogP contribution in [0.5, 0.6) is 11.5 Å². The molecule has 0 atom stereocenters. The average molecular weight is 739 g/mol. The van der Waals surface area contributed by atoms with E-state index in [1.54, 1.807) is 0 Å². The summed E-state index contributed by atoms with van der Waals surface area (Å²) >= 11 is 5.85. The lowest BCUT2D eigenvalue weighted by Gasteiger charge is -2.20. The van der Waals surface area contributed by atoms with E-state index >= 15 is 0 Å². The molecule has 0 unspecified atom stereocenters. The third kappa shape index (κ3) is 12.6. The molecule has 0 aliphatic rings. The van der Waals surface area contributed by atoms with Gasteiger partial charge in [-0.3, -0.25) is 9.48 Å². The van der Waals surface area contributed by atoms with Gasteiger partial charge in [-0.1, -0.05) is 17.7 Å². The molecule has 0 radical (unpaired) electrons. The molecule has 50 heavy (non-hydrogen) atoms. The molecule has 0 fully saturated rings. The van der Waals surface area contributed by atoms with Crippen LogP contribution in [-0.4, -0.2) is 81.5 Å². The first-order valence-corrected chi connectivity index (χ1v) is 15.8. The van der Waals surface area contributed by atoms with Gasteiger partial charge >= 0.3 is 18.3 Å². The van der Waals surface area contributed by atoms with Crippen molar-refractivity contribution in [2.45, 2.75) is 38.5 Å². The predicted molar refractivity (Wildman–Crippen MR) is 169 cm³/mol. The first kappa shape index (κ1) is 40.7. The van der Waals surface area contributed by atoms with E-state index in [9.17, 15) is 35.9 Å². The number of aryl methyl sites for hydroxylation is 1. The molecule has 17 heteroatoms. The highest BCUT2D eigenvalue weighted by molar-refractivity contribution is 6.31. The maximum atomic E-state index is 13.8. The second-order valence-corrected chi connectivity index (χ2v) is 11.0. The molecule has 0 saturated carbocycles. The van der Waals surface area contributed by atoms with Crippen LogP contribution >= 0.6 is 11.6 Å². The van der Waals surface area contributed by atoms with E-state index in [4.69, 9.17) is 40.0 Å². The summed E-state index contributed by atoms with van der Waals surface area (Å²) in [5.41, 5.74) is -2.71. The largest absolute Gasteiger partial charge is 0.493 e. The van der Waals surface area contributed by atoms with Gasteiger partial charge < -0.3 is 33.2 Å². The summed E-state index contributed by atoms with van der Waals surface area (Å²) in [4.78, 5) is 22.4. The van der Waals surface area contributed by atoms with E-state index < -0.39 is 34.6 Å². The Kier molecular flexibility index (Phi) is 16.0. The molecule has 3 aromatic rings. The summed E-state index contributed by atoms with van der Waals surface area (Å²) < 4.78 is 116. The van der Waals surface area contributed by atoms with Gasteiger partial charge in [0.15, 0.2) is 11.4 Å². The van der Waals surface area contributed by atoms with E-state index in [0.29, 0.717) is 71.8 Å². The van der Waals surface area contributed by atoms with Crippen LogP contribution in [0.1, 0.15) is 37.4 Å². The minimum atomic E-state index is -4.84. The van der Waals surface area contributed by atoms with Crippen molar-refractivity contribution in [3.05, 3.63) is 52.7 Å². The van der Waals surface area contributed by atoms with Crippen molar-refractivity contribution in [3.8, 4) is 33.9 Å². The Labute approximate surface area is 289 Å². The number of benzene rings is 2. The molecule has 3 rings (SSSR count). The Morgan fingerprint density at radius 3 is 2.02 bits per heavy atom. The number of hydrogen-bond donors (Lipinski definition) is 0. The molecule has 0 aliphatic heterocycles. The lowest BCUT2D eigenvalue weighted by molar-refractivity contribution is -0.141. The third-order valence-corrected chi connectivity index (χ3v) is 7.19. The zero-order chi connectivity index (χ0) is 36.7. The number of esters is 1.